The number of allylic oxidation sites excluding steroid dienone is 1. The van der Waals surface area contributed by atoms with Gasteiger partial charge in [0, 0.05) is 30.4 Å². The minimum Gasteiger partial charge on any atom is -0.346 e. The number of nitrogens with one attached hydrogen (secondary N) is 2. The summed E-state index contributed by atoms with van der Waals surface area (Å²) in [4.78, 5) is 7.51. The number of aromatic amines is 1. The molecule has 0 amide bonds. The molecule has 2 aromatic heterocycles. The summed E-state index contributed by atoms with van der Waals surface area (Å²) < 4.78 is 0. The molecule has 88 valence electrons. The van der Waals surface area contributed by atoms with Gasteiger partial charge in [0.05, 0.1) is 0 Å². The van der Waals surface area contributed by atoms with Gasteiger partial charge in [-0.15, -0.1) is 0 Å². The molecule has 3 heteroatoms. The monoisotopic (exact) mass is 227 g/mol. The molecular formula is C14H17N3. The summed E-state index contributed by atoms with van der Waals surface area (Å²) in [6.45, 7) is 0.921. The highest BCUT2D eigenvalue weighted by Crippen LogP contribution is 2.17. The van der Waals surface area contributed by atoms with Gasteiger partial charge < -0.3 is 10.3 Å². The average molecular weight is 227 g/mol. The van der Waals surface area contributed by atoms with E-state index < -0.39 is 0 Å². The number of pyridine rings is 1. The van der Waals surface area contributed by atoms with E-state index in [2.05, 4.69) is 39.7 Å². The fourth-order valence-corrected chi connectivity index (χ4v) is 2.39. The summed E-state index contributed by atoms with van der Waals surface area (Å²) in [6, 6.07) is 4.74. The van der Waals surface area contributed by atoms with Crippen molar-refractivity contribution in [3.63, 3.8) is 0 Å². The van der Waals surface area contributed by atoms with Crippen LogP contribution in [0, 0.1) is 0 Å². The minimum absolute atomic E-state index is 0.627. The van der Waals surface area contributed by atoms with Crippen LogP contribution in [-0.2, 0) is 6.54 Å². The number of H-pyrrole nitrogens is 1. The topological polar surface area (TPSA) is 40.7 Å². The van der Waals surface area contributed by atoms with Crippen LogP contribution >= 0.6 is 0 Å². The Labute approximate surface area is 101 Å². The van der Waals surface area contributed by atoms with E-state index in [9.17, 15) is 0 Å². The van der Waals surface area contributed by atoms with Crippen molar-refractivity contribution in [2.75, 3.05) is 0 Å². The van der Waals surface area contributed by atoms with Crippen LogP contribution in [0.2, 0.25) is 0 Å². The maximum absolute atomic E-state index is 4.30. The standard InChI is InChI=1S/C14H17N3/c1-2-5-12(6-3-1)16-9-11-10-17-14-13(11)7-4-8-15-14/h1-2,4,7-8,10,12,16H,3,5-6,9H2,(H,15,17). The van der Waals surface area contributed by atoms with Gasteiger partial charge in [-0.2, -0.15) is 0 Å². The van der Waals surface area contributed by atoms with Gasteiger partial charge in [0.25, 0.3) is 0 Å². The van der Waals surface area contributed by atoms with E-state index in [1.807, 2.05) is 12.3 Å². The van der Waals surface area contributed by atoms with Crippen LogP contribution in [0.25, 0.3) is 11.0 Å². The van der Waals surface area contributed by atoms with Crippen molar-refractivity contribution < 1.29 is 0 Å². The first-order chi connectivity index (χ1) is 8.43. The zero-order valence-corrected chi connectivity index (χ0v) is 9.82. The van der Waals surface area contributed by atoms with Crippen molar-refractivity contribution in [2.24, 2.45) is 0 Å². The Balaban J connectivity index is 1.70. The predicted octanol–water partition coefficient (Wildman–Crippen LogP) is 2.76. The summed E-state index contributed by atoms with van der Waals surface area (Å²) in [5, 5.41) is 4.85. The summed E-state index contributed by atoms with van der Waals surface area (Å²) in [7, 11) is 0. The maximum Gasteiger partial charge on any atom is 0.137 e. The predicted molar refractivity (Wildman–Crippen MR) is 69.7 cm³/mol. The largest absolute Gasteiger partial charge is 0.346 e. The Kier molecular flexibility index (Phi) is 2.92. The van der Waals surface area contributed by atoms with Gasteiger partial charge >= 0.3 is 0 Å². The quantitative estimate of drug-likeness (QED) is 0.792. The molecule has 2 aromatic rings. The molecule has 0 radical (unpaired) electrons. The zero-order chi connectivity index (χ0) is 11.5. The minimum atomic E-state index is 0.627. The first-order valence-electron chi connectivity index (χ1n) is 6.23. The van der Waals surface area contributed by atoms with Crippen LogP contribution < -0.4 is 5.32 Å². The molecule has 3 rings (SSSR count). The SMILES string of the molecule is C1=CCC(NCc2c[nH]c3ncccc23)CC1. The Hall–Kier alpha value is -1.61. The van der Waals surface area contributed by atoms with E-state index in [1.54, 1.807) is 0 Å². The van der Waals surface area contributed by atoms with Crippen molar-refractivity contribution in [2.45, 2.75) is 31.8 Å². The summed E-state index contributed by atoms with van der Waals surface area (Å²) in [6.07, 6.45) is 12.0. The highest BCUT2D eigenvalue weighted by molar-refractivity contribution is 5.79. The van der Waals surface area contributed by atoms with Gasteiger partial charge in [0.15, 0.2) is 0 Å². The van der Waals surface area contributed by atoms with Crippen molar-refractivity contribution in [3.8, 4) is 0 Å². The Bertz CT molecular complexity index is 527. The molecule has 1 unspecified atom stereocenters. The molecule has 1 atom stereocenters. The Morgan fingerprint density at radius 1 is 1.41 bits per heavy atom. The number of hydrogen-bond donors (Lipinski definition) is 2. The molecule has 2 heterocycles. The molecule has 17 heavy (non-hydrogen) atoms. The molecule has 0 spiro atoms. The highest BCUT2D eigenvalue weighted by atomic mass is 14.9. The summed E-state index contributed by atoms with van der Waals surface area (Å²) >= 11 is 0. The van der Waals surface area contributed by atoms with Gasteiger partial charge in [-0.25, -0.2) is 4.98 Å². The van der Waals surface area contributed by atoms with Crippen LogP contribution in [0.1, 0.15) is 24.8 Å². The summed E-state index contributed by atoms with van der Waals surface area (Å²) in [5.41, 5.74) is 2.29. The first kappa shape index (κ1) is 10.5. The Morgan fingerprint density at radius 2 is 2.41 bits per heavy atom. The first-order valence-corrected chi connectivity index (χ1v) is 6.23. The molecular weight excluding hydrogens is 210 g/mol. The summed E-state index contributed by atoms with van der Waals surface area (Å²) in [5.74, 6) is 0. The van der Waals surface area contributed by atoms with Gasteiger partial charge in [-0.05, 0) is 37.0 Å². The van der Waals surface area contributed by atoms with Crippen LogP contribution in [-0.4, -0.2) is 16.0 Å². The second-order valence-electron chi connectivity index (χ2n) is 4.58. The molecule has 2 N–H and O–H groups in total. The molecule has 0 fully saturated rings. The fraction of sp³-hybridized carbons (Fsp3) is 0.357. The van der Waals surface area contributed by atoms with Crippen molar-refractivity contribution >= 4 is 11.0 Å². The molecule has 0 saturated carbocycles. The highest BCUT2D eigenvalue weighted by Gasteiger charge is 2.10. The number of aromatic nitrogens is 2. The van der Waals surface area contributed by atoms with Crippen LogP contribution in [0.15, 0.2) is 36.7 Å². The average Bonchev–Trinajstić information content (AvgIpc) is 2.81. The lowest BCUT2D eigenvalue weighted by Gasteiger charge is -2.19. The maximum atomic E-state index is 4.30. The number of rotatable bonds is 3. The van der Waals surface area contributed by atoms with Gasteiger partial charge in [-0.1, -0.05) is 12.2 Å². The molecule has 0 bridgehead atoms. The van der Waals surface area contributed by atoms with E-state index in [4.69, 9.17) is 0 Å². The van der Waals surface area contributed by atoms with E-state index in [0.29, 0.717) is 6.04 Å². The van der Waals surface area contributed by atoms with E-state index in [0.717, 1.165) is 18.6 Å². The molecule has 0 saturated heterocycles. The zero-order valence-electron chi connectivity index (χ0n) is 9.82. The lowest BCUT2D eigenvalue weighted by molar-refractivity contribution is 0.475. The number of nitrogens with zero attached hydrogens (tertiary/aromatic N) is 1. The lowest BCUT2D eigenvalue weighted by atomic mass is 10.0. The molecule has 3 nitrogen and oxygen atoms in total. The second kappa shape index (κ2) is 4.72. The van der Waals surface area contributed by atoms with Crippen LogP contribution in [0.3, 0.4) is 0 Å². The van der Waals surface area contributed by atoms with Crippen LogP contribution in [0.4, 0.5) is 0 Å². The second-order valence-corrected chi connectivity index (χ2v) is 4.58. The van der Waals surface area contributed by atoms with Crippen molar-refractivity contribution in [1.29, 1.82) is 0 Å². The third kappa shape index (κ3) is 2.24. The molecule has 1 aliphatic rings. The number of hydrogen-bond acceptors (Lipinski definition) is 2. The fourth-order valence-electron chi connectivity index (χ4n) is 2.39. The van der Waals surface area contributed by atoms with Crippen molar-refractivity contribution in [1.82, 2.24) is 15.3 Å². The van der Waals surface area contributed by atoms with Gasteiger partial charge in [-0.3, -0.25) is 0 Å². The lowest BCUT2D eigenvalue weighted by Crippen LogP contribution is -2.29. The smallest absolute Gasteiger partial charge is 0.137 e. The third-order valence-corrected chi connectivity index (χ3v) is 3.39. The van der Waals surface area contributed by atoms with Crippen LogP contribution in [0.5, 0.6) is 0 Å². The normalized spacial score (nSPS) is 19.9. The molecule has 0 aliphatic heterocycles. The Morgan fingerprint density at radius 3 is 3.29 bits per heavy atom. The van der Waals surface area contributed by atoms with Gasteiger partial charge in [0.1, 0.15) is 5.65 Å². The molecule has 0 aromatic carbocycles. The third-order valence-electron chi connectivity index (χ3n) is 3.39. The van der Waals surface area contributed by atoms with E-state index >= 15 is 0 Å². The van der Waals surface area contributed by atoms with Gasteiger partial charge in [0.2, 0.25) is 0 Å². The molecule has 1 aliphatic carbocycles. The number of fused-ring (bicyclic) bond motifs is 1. The van der Waals surface area contributed by atoms with Crippen molar-refractivity contribution in [3.05, 3.63) is 42.2 Å². The van der Waals surface area contributed by atoms with E-state index in [-0.39, 0.29) is 0 Å². The van der Waals surface area contributed by atoms with E-state index in [1.165, 1.54) is 23.8 Å².